The zero-order chi connectivity index (χ0) is 9.71. The van der Waals surface area contributed by atoms with E-state index in [1.165, 1.54) is 0 Å². The molecule has 3 rings (SSSR count). The second-order valence-corrected chi connectivity index (χ2v) is 3.74. The van der Waals surface area contributed by atoms with Gasteiger partial charge in [0.1, 0.15) is 0 Å². The van der Waals surface area contributed by atoms with Crippen molar-refractivity contribution in [1.82, 2.24) is 0 Å². The third-order valence-corrected chi connectivity index (χ3v) is 2.97. The van der Waals surface area contributed by atoms with E-state index in [4.69, 9.17) is 9.47 Å². The fraction of sp³-hybridized carbons (Fsp3) is 0.556. The normalized spacial score (nSPS) is 34.6. The van der Waals surface area contributed by atoms with Gasteiger partial charge in [-0.05, 0) is 19.3 Å². The minimum absolute atomic E-state index is 0.230. The Bertz CT molecular complexity index is 324. The van der Waals surface area contributed by atoms with Crippen molar-refractivity contribution < 1.29 is 23.8 Å². The molecule has 1 heterocycles. The summed E-state index contributed by atoms with van der Waals surface area (Å²) in [7, 11) is 0. The van der Waals surface area contributed by atoms with Gasteiger partial charge in [-0.25, -0.2) is 9.59 Å². The third kappa shape index (κ3) is 0.950. The number of allylic oxidation sites excluding steroid dienone is 2. The van der Waals surface area contributed by atoms with Gasteiger partial charge in [-0.1, -0.05) is 0 Å². The lowest BCUT2D eigenvalue weighted by Gasteiger charge is -2.13. The number of hydrogen-bond acceptors (Lipinski definition) is 5. The highest BCUT2D eigenvalue weighted by Gasteiger charge is 2.46. The van der Waals surface area contributed by atoms with E-state index < -0.39 is 12.3 Å². The van der Waals surface area contributed by atoms with E-state index in [-0.39, 0.29) is 11.8 Å². The summed E-state index contributed by atoms with van der Waals surface area (Å²) in [4.78, 5) is 21.9. The molecular weight excluding hydrogens is 188 g/mol. The van der Waals surface area contributed by atoms with E-state index in [1.54, 1.807) is 0 Å². The van der Waals surface area contributed by atoms with Gasteiger partial charge in [0.15, 0.2) is 11.5 Å². The molecular formula is C9H8O5. The Morgan fingerprint density at radius 3 is 1.86 bits per heavy atom. The van der Waals surface area contributed by atoms with Crippen LogP contribution < -0.4 is 0 Å². The molecule has 0 aromatic carbocycles. The summed E-state index contributed by atoms with van der Waals surface area (Å²) in [5.41, 5.74) is 0. The summed E-state index contributed by atoms with van der Waals surface area (Å²) >= 11 is 0. The van der Waals surface area contributed by atoms with Gasteiger partial charge in [0.2, 0.25) is 0 Å². The van der Waals surface area contributed by atoms with Gasteiger partial charge in [0.05, 0.1) is 0 Å². The van der Waals surface area contributed by atoms with Gasteiger partial charge in [0.25, 0.3) is 0 Å². The van der Waals surface area contributed by atoms with Crippen LogP contribution in [0.1, 0.15) is 19.3 Å². The van der Waals surface area contributed by atoms with Gasteiger partial charge < -0.3 is 14.2 Å². The lowest BCUT2D eigenvalue weighted by molar-refractivity contribution is 0.0727. The average Bonchev–Trinajstić information content (AvgIpc) is 2.64. The van der Waals surface area contributed by atoms with Crippen LogP contribution in [0.3, 0.4) is 0 Å². The molecule has 0 aromatic rings. The van der Waals surface area contributed by atoms with Crippen LogP contribution in [0.15, 0.2) is 11.5 Å². The Labute approximate surface area is 79.6 Å². The quantitative estimate of drug-likeness (QED) is 0.437. The molecule has 0 saturated heterocycles. The lowest BCUT2D eigenvalue weighted by atomic mass is 10.0. The van der Waals surface area contributed by atoms with Crippen LogP contribution in [0.5, 0.6) is 0 Å². The van der Waals surface area contributed by atoms with Crippen molar-refractivity contribution in [2.45, 2.75) is 19.3 Å². The van der Waals surface area contributed by atoms with E-state index in [0.717, 1.165) is 19.3 Å². The molecule has 1 fully saturated rings. The minimum atomic E-state index is -0.979. The molecule has 0 aromatic heterocycles. The predicted octanol–water partition coefficient (Wildman–Crippen LogP) is 1.93. The van der Waals surface area contributed by atoms with Crippen LogP contribution >= 0.6 is 0 Å². The van der Waals surface area contributed by atoms with Crippen molar-refractivity contribution in [2.24, 2.45) is 11.8 Å². The van der Waals surface area contributed by atoms with Gasteiger partial charge in [0, 0.05) is 11.8 Å². The first-order chi connectivity index (χ1) is 6.74. The van der Waals surface area contributed by atoms with E-state index in [0.29, 0.717) is 11.5 Å². The maximum atomic E-state index is 10.9. The fourth-order valence-corrected chi connectivity index (χ4v) is 2.42. The molecule has 2 unspecified atom stereocenters. The zero-order valence-corrected chi connectivity index (χ0v) is 7.32. The first kappa shape index (κ1) is 7.84. The van der Waals surface area contributed by atoms with Gasteiger partial charge in [-0.15, -0.1) is 0 Å². The Morgan fingerprint density at radius 2 is 1.36 bits per heavy atom. The summed E-state index contributed by atoms with van der Waals surface area (Å²) in [5, 5.41) is 0. The SMILES string of the molecule is O=C1OC(=O)OC2=C(O1)C1CCC2C1. The molecule has 3 aliphatic rings. The molecule has 5 nitrogen and oxygen atoms in total. The molecule has 14 heavy (non-hydrogen) atoms. The van der Waals surface area contributed by atoms with Crippen molar-refractivity contribution >= 4 is 12.3 Å². The molecule has 5 heteroatoms. The Balaban J connectivity index is 2.00. The van der Waals surface area contributed by atoms with Crippen LogP contribution in [-0.4, -0.2) is 12.3 Å². The number of ether oxygens (including phenoxy) is 3. The van der Waals surface area contributed by atoms with Crippen molar-refractivity contribution in [3.8, 4) is 0 Å². The molecule has 1 aliphatic heterocycles. The highest BCUT2D eigenvalue weighted by atomic mass is 16.8. The number of carbonyl (C=O) groups excluding carboxylic acids is 2. The number of hydrogen-bond donors (Lipinski definition) is 0. The van der Waals surface area contributed by atoms with E-state index >= 15 is 0 Å². The largest absolute Gasteiger partial charge is 0.523 e. The molecule has 1 saturated carbocycles. The molecule has 2 aliphatic carbocycles. The number of fused-ring (bicyclic) bond motifs is 4. The molecule has 2 bridgehead atoms. The number of rotatable bonds is 0. The molecule has 0 radical (unpaired) electrons. The highest BCUT2D eigenvalue weighted by molar-refractivity contribution is 5.79. The standard InChI is InChI=1S/C9H8O5/c10-8-12-6-4-1-2-5(3-4)7(6)13-9(11)14-8/h4-5H,1-3H2. The second kappa shape index (κ2) is 2.50. The van der Waals surface area contributed by atoms with Gasteiger partial charge >= 0.3 is 12.3 Å². The fourth-order valence-electron chi connectivity index (χ4n) is 2.42. The molecule has 0 N–H and O–H groups in total. The van der Waals surface area contributed by atoms with Crippen LogP contribution in [0.2, 0.25) is 0 Å². The van der Waals surface area contributed by atoms with Crippen molar-refractivity contribution in [3.63, 3.8) is 0 Å². The average molecular weight is 196 g/mol. The third-order valence-electron chi connectivity index (χ3n) is 2.97. The summed E-state index contributed by atoms with van der Waals surface area (Å²) in [6.07, 6.45) is 0.952. The van der Waals surface area contributed by atoms with Crippen LogP contribution in [0, 0.1) is 11.8 Å². The maximum Gasteiger partial charge on any atom is 0.523 e. The molecule has 74 valence electrons. The van der Waals surface area contributed by atoms with Crippen LogP contribution in [-0.2, 0) is 14.2 Å². The molecule has 0 spiro atoms. The summed E-state index contributed by atoms with van der Waals surface area (Å²) < 4.78 is 14.0. The van der Waals surface area contributed by atoms with Gasteiger partial charge in [-0.3, -0.25) is 0 Å². The van der Waals surface area contributed by atoms with Crippen molar-refractivity contribution in [3.05, 3.63) is 11.5 Å². The monoisotopic (exact) mass is 196 g/mol. The Kier molecular flexibility index (Phi) is 1.40. The molecule has 2 atom stereocenters. The zero-order valence-electron chi connectivity index (χ0n) is 7.32. The Morgan fingerprint density at radius 1 is 0.857 bits per heavy atom. The van der Waals surface area contributed by atoms with Crippen LogP contribution in [0.4, 0.5) is 9.59 Å². The predicted molar refractivity (Wildman–Crippen MR) is 41.9 cm³/mol. The summed E-state index contributed by atoms with van der Waals surface area (Å²) in [6.45, 7) is 0. The molecule has 0 amide bonds. The van der Waals surface area contributed by atoms with Crippen LogP contribution in [0.25, 0.3) is 0 Å². The summed E-state index contributed by atoms with van der Waals surface area (Å²) in [5.74, 6) is 1.48. The highest BCUT2D eigenvalue weighted by Crippen LogP contribution is 2.50. The number of cyclic esters (lactones) is 2. The number of carbonyl (C=O) groups is 2. The maximum absolute atomic E-state index is 10.9. The van der Waals surface area contributed by atoms with E-state index in [9.17, 15) is 9.59 Å². The first-order valence-corrected chi connectivity index (χ1v) is 4.59. The van der Waals surface area contributed by atoms with E-state index in [2.05, 4.69) is 4.74 Å². The second-order valence-electron chi connectivity index (χ2n) is 3.74. The van der Waals surface area contributed by atoms with Crippen molar-refractivity contribution in [2.75, 3.05) is 0 Å². The first-order valence-electron chi connectivity index (χ1n) is 4.59. The minimum Gasteiger partial charge on any atom is -0.395 e. The van der Waals surface area contributed by atoms with Crippen molar-refractivity contribution in [1.29, 1.82) is 0 Å². The summed E-state index contributed by atoms with van der Waals surface area (Å²) in [6, 6.07) is 0. The smallest absolute Gasteiger partial charge is 0.395 e. The lowest BCUT2D eigenvalue weighted by Crippen LogP contribution is -2.11. The van der Waals surface area contributed by atoms with E-state index in [1.807, 2.05) is 0 Å². The topological polar surface area (TPSA) is 61.8 Å². The van der Waals surface area contributed by atoms with Gasteiger partial charge in [-0.2, -0.15) is 0 Å². The Hall–Kier alpha value is -1.52.